The summed E-state index contributed by atoms with van der Waals surface area (Å²) in [5, 5.41) is 5.95. The molecule has 2 aromatic rings. The van der Waals surface area contributed by atoms with Crippen LogP contribution in [0, 0.1) is 6.92 Å². The lowest BCUT2D eigenvalue weighted by molar-refractivity contribution is -0.125. The molecule has 0 aromatic heterocycles. The van der Waals surface area contributed by atoms with Crippen molar-refractivity contribution in [3.05, 3.63) is 48.0 Å². The van der Waals surface area contributed by atoms with Gasteiger partial charge in [-0.2, -0.15) is 0 Å². The molecule has 0 bridgehead atoms. The van der Waals surface area contributed by atoms with Crippen molar-refractivity contribution in [1.82, 2.24) is 5.32 Å². The number of hydrogen-bond acceptors (Lipinski definition) is 4. The largest absolute Gasteiger partial charge is 0.492 e. The van der Waals surface area contributed by atoms with E-state index in [-0.39, 0.29) is 18.0 Å². The van der Waals surface area contributed by atoms with Crippen molar-refractivity contribution in [3.63, 3.8) is 0 Å². The quantitative estimate of drug-likeness (QED) is 0.690. The molecule has 32 heavy (non-hydrogen) atoms. The third-order valence-corrected chi connectivity index (χ3v) is 5.94. The lowest BCUT2D eigenvalue weighted by Crippen LogP contribution is -2.46. The number of benzene rings is 2. The highest BCUT2D eigenvalue weighted by atomic mass is 16.5. The van der Waals surface area contributed by atoms with Gasteiger partial charge in [-0.1, -0.05) is 31.4 Å². The van der Waals surface area contributed by atoms with Gasteiger partial charge < -0.3 is 25.0 Å². The summed E-state index contributed by atoms with van der Waals surface area (Å²) in [4.78, 5) is 26.9. The lowest BCUT2D eigenvalue weighted by Gasteiger charge is -2.33. The smallest absolute Gasteiger partial charge is 0.319 e. The lowest BCUT2D eigenvalue weighted by atomic mass is 9.96. The van der Waals surface area contributed by atoms with Crippen LogP contribution in [-0.2, 0) is 4.79 Å². The number of nitrogens with zero attached hydrogens (tertiary/aromatic N) is 1. The van der Waals surface area contributed by atoms with Gasteiger partial charge in [-0.15, -0.1) is 0 Å². The number of carbonyl (C=O) groups is 2. The van der Waals surface area contributed by atoms with Crippen molar-refractivity contribution < 1.29 is 19.1 Å². The Balaban J connectivity index is 1.43. The molecule has 3 amide bonds. The van der Waals surface area contributed by atoms with Gasteiger partial charge in [0.05, 0.1) is 12.2 Å². The first-order chi connectivity index (χ1) is 15.5. The van der Waals surface area contributed by atoms with Crippen LogP contribution in [0.3, 0.4) is 0 Å². The van der Waals surface area contributed by atoms with Crippen molar-refractivity contribution in [2.24, 2.45) is 0 Å². The van der Waals surface area contributed by atoms with Crippen LogP contribution in [0.15, 0.2) is 42.5 Å². The van der Waals surface area contributed by atoms with Crippen molar-refractivity contribution in [2.75, 3.05) is 23.4 Å². The number of urea groups is 1. The van der Waals surface area contributed by atoms with Gasteiger partial charge in [0.2, 0.25) is 0 Å². The summed E-state index contributed by atoms with van der Waals surface area (Å²) in [5.74, 6) is 1.26. The minimum Gasteiger partial charge on any atom is -0.492 e. The van der Waals surface area contributed by atoms with Crippen molar-refractivity contribution in [2.45, 2.75) is 58.1 Å². The summed E-state index contributed by atoms with van der Waals surface area (Å²) in [6.07, 6.45) is 5.01. The molecule has 1 unspecified atom stereocenters. The van der Waals surface area contributed by atoms with E-state index in [1.165, 1.54) is 6.42 Å². The topological polar surface area (TPSA) is 79.9 Å². The Morgan fingerprint density at radius 1 is 1.16 bits per heavy atom. The number of nitrogens with one attached hydrogen (secondary N) is 2. The predicted octanol–water partition coefficient (Wildman–Crippen LogP) is 4.64. The standard InChI is InChI=1S/C25H31N3O4/c1-17-7-6-10-21(15-17)31-14-13-28-22-16-20(11-12-23(22)32-18(2)24(28)29)27-25(30)26-19-8-4-3-5-9-19/h6-7,10-12,15-16,18-19H,3-5,8-9,13-14H2,1-2H3,(H2,26,27,30). The van der Waals surface area contributed by atoms with Crippen molar-refractivity contribution in [3.8, 4) is 11.5 Å². The number of rotatable bonds is 6. The molecule has 1 heterocycles. The number of fused-ring (bicyclic) bond motifs is 1. The number of hydrogen-bond donors (Lipinski definition) is 2. The molecule has 1 atom stereocenters. The minimum atomic E-state index is -0.574. The second kappa shape index (κ2) is 9.94. The molecule has 2 N–H and O–H groups in total. The fourth-order valence-corrected chi connectivity index (χ4v) is 4.27. The molecule has 1 fully saturated rings. The van der Waals surface area contributed by atoms with E-state index < -0.39 is 6.10 Å². The van der Waals surface area contributed by atoms with E-state index in [0.717, 1.165) is 37.0 Å². The maximum absolute atomic E-state index is 12.8. The zero-order valence-corrected chi connectivity index (χ0v) is 18.7. The first-order valence-corrected chi connectivity index (χ1v) is 11.4. The van der Waals surface area contributed by atoms with E-state index in [9.17, 15) is 9.59 Å². The summed E-state index contributed by atoms with van der Waals surface area (Å²) in [6, 6.07) is 13.2. The fourth-order valence-electron chi connectivity index (χ4n) is 4.27. The van der Waals surface area contributed by atoms with Gasteiger partial charge in [-0.25, -0.2) is 4.79 Å². The number of amides is 3. The van der Waals surface area contributed by atoms with Gasteiger partial charge in [0.25, 0.3) is 5.91 Å². The van der Waals surface area contributed by atoms with E-state index in [0.29, 0.717) is 30.3 Å². The van der Waals surface area contributed by atoms with Crippen LogP contribution in [0.4, 0.5) is 16.2 Å². The molecule has 4 rings (SSSR count). The van der Waals surface area contributed by atoms with Gasteiger partial charge >= 0.3 is 6.03 Å². The van der Waals surface area contributed by atoms with Gasteiger partial charge in [-0.05, 0) is 62.6 Å². The van der Waals surface area contributed by atoms with Crippen LogP contribution >= 0.6 is 0 Å². The number of aryl methyl sites for hydroxylation is 1. The molecule has 7 nitrogen and oxygen atoms in total. The highest BCUT2D eigenvalue weighted by Gasteiger charge is 2.31. The van der Waals surface area contributed by atoms with E-state index in [1.54, 1.807) is 30.0 Å². The molecule has 1 aliphatic carbocycles. The molecule has 1 aliphatic heterocycles. The molecule has 0 saturated heterocycles. The van der Waals surface area contributed by atoms with E-state index in [4.69, 9.17) is 9.47 Å². The SMILES string of the molecule is Cc1cccc(OCCN2C(=O)C(C)Oc3ccc(NC(=O)NC4CCCCC4)cc32)c1. The van der Waals surface area contributed by atoms with Crippen LogP contribution in [0.1, 0.15) is 44.6 Å². The molecular weight excluding hydrogens is 406 g/mol. The van der Waals surface area contributed by atoms with Gasteiger partial charge in [0.15, 0.2) is 6.10 Å². The maximum Gasteiger partial charge on any atom is 0.319 e. The van der Waals surface area contributed by atoms with Crippen LogP contribution in [0.2, 0.25) is 0 Å². The molecule has 0 radical (unpaired) electrons. The zero-order valence-electron chi connectivity index (χ0n) is 18.7. The average molecular weight is 438 g/mol. The van der Waals surface area contributed by atoms with Gasteiger partial charge in [0.1, 0.15) is 18.1 Å². The zero-order chi connectivity index (χ0) is 22.5. The maximum atomic E-state index is 12.8. The van der Waals surface area contributed by atoms with Gasteiger partial charge in [0, 0.05) is 11.7 Å². The number of ether oxygens (including phenoxy) is 2. The van der Waals surface area contributed by atoms with E-state index in [1.807, 2.05) is 31.2 Å². The predicted molar refractivity (Wildman–Crippen MR) is 125 cm³/mol. The highest BCUT2D eigenvalue weighted by Crippen LogP contribution is 2.36. The molecule has 1 saturated carbocycles. The van der Waals surface area contributed by atoms with E-state index in [2.05, 4.69) is 10.6 Å². The summed E-state index contributed by atoms with van der Waals surface area (Å²) in [7, 11) is 0. The Morgan fingerprint density at radius 3 is 2.75 bits per heavy atom. The Morgan fingerprint density at radius 2 is 1.97 bits per heavy atom. The second-order valence-corrected chi connectivity index (χ2v) is 8.53. The van der Waals surface area contributed by atoms with Crippen LogP contribution in [-0.4, -0.2) is 37.2 Å². The van der Waals surface area contributed by atoms with Crippen molar-refractivity contribution >= 4 is 23.3 Å². The Labute approximate surface area is 189 Å². The summed E-state index contributed by atoms with van der Waals surface area (Å²) < 4.78 is 11.6. The summed E-state index contributed by atoms with van der Waals surface area (Å²) in [6.45, 7) is 4.48. The fraction of sp³-hybridized carbons (Fsp3) is 0.440. The third-order valence-electron chi connectivity index (χ3n) is 5.94. The first-order valence-electron chi connectivity index (χ1n) is 11.4. The average Bonchev–Trinajstić information content (AvgIpc) is 2.77. The second-order valence-electron chi connectivity index (χ2n) is 8.53. The Bertz CT molecular complexity index is 971. The molecule has 170 valence electrons. The normalized spacial score (nSPS) is 18.5. The van der Waals surface area contributed by atoms with Crippen LogP contribution in [0.5, 0.6) is 11.5 Å². The molecule has 0 spiro atoms. The number of anilines is 2. The molecule has 7 heteroatoms. The minimum absolute atomic E-state index is 0.130. The highest BCUT2D eigenvalue weighted by molar-refractivity contribution is 6.01. The summed E-state index contributed by atoms with van der Waals surface area (Å²) in [5.41, 5.74) is 2.37. The first kappa shape index (κ1) is 22.0. The third kappa shape index (κ3) is 5.33. The van der Waals surface area contributed by atoms with Crippen LogP contribution < -0.4 is 25.0 Å². The Kier molecular flexibility index (Phi) is 6.83. The molecule has 2 aromatic carbocycles. The van der Waals surface area contributed by atoms with E-state index >= 15 is 0 Å². The summed E-state index contributed by atoms with van der Waals surface area (Å²) >= 11 is 0. The number of carbonyl (C=O) groups excluding carboxylic acids is 2. The Hall–Kier alpha value is -3.22. The molecular formula is C25H31N3O4. The molecule has 2 aliphatic rings. The monoisotopic (exact) mass is 437 g/mol. The van der Waals surface area contributed by atoms with Gasteiger partial charge in [-0.3, -0.25) is 4.79 Å². The van der Waals surface area contributed by atoms with Crippen molar-refractivity contribution in [1.29, 1.82) is 0 Å². The van der Waals surface area contributed by atoms with Crippen LogP contribution in [0.25, 0.3) is 0 Å².